The van der Waals surface area contributed by atoms with Crippen molar-refractivity contribution < 1.29 is 14.9 Å². The second kappa shape index (κ2) is 11.1. The van der Waals surface area contributed by atoms with Gasteiger partial charge < -0.3 is 20.3 Å². The van der Waals surface area contributed by atoms with Gasteiger partial charge in [0.05, 0.1) is 12.7 Å². The number of aliphatic hydroxyl groups is 2. The quantitative estimate of drug-likeness (QED) is 0.709. The number of aryl methyl sites for hydroxylation is 1. The third kappa shape index (κ3) is 6.27. The van der Waals surface area contributed by atoms with Crippen molar-refractivity contribution in [1.82, 2.24) is 9.55 Å². The van der Waals surface area contributed by atoms with Crippen LogP contribution in [0.4, 0.5) is 5.82 Å². The number of nitrogens with one attached hydrogen (secondary N) is 1. The molecular weight excluding hydrogens is 370 g/mol. The molecule has 0 spiro atoms. The van der Waals surface area contributed by atoms with Crippen LogP contribution in [0, 0.1) is 6.92 Å². The van der Waals surface area contributed by atoms with Crippen molar-refractivity contribution in [3.8, 4) is 0 Å². The van der Waals surface area contributed by atoms with Gasteiger partial charge in [-0.1, -0.05) is 57.8 Å². The first kappa shape index (κ1) is 22.2. The van der Waals surface area contributed by atoms with Gasteiger partial charge in [0.2, 0.25) is 0 Å². The van der Waals surface area contributed by atoms with E-state index < -0.39 is 18.4 Å². The van der Waals surface area contributed by atoms with E-state index in [1.54, 1.807) is 6.20 Å². The Balaban J connectivity index is 1.66. The first-order valence-corrected chi connectivity index (χ1v) is 11.4. The lowest BCUT2D eigenvalue weighted by molar-refractivity contribution is -0.0459. The number of hydrogen-bond donors (Lipinski definition) is 3. The normalized spacial score (nSPS) is 27.9. The predicted molar refractivity (Wildman–Crippen MR) is 113 cm³/mol. The molecule has 164 valence electrons. The number of aromatic nitrogens is 2. The van der Waals surface area contributed by atoms with Gasteiger partial charge in [-0.3, -0.25) is 4.57 Å². The smallest absolute Gasteiger partial charge is 0.351 e. The third-order valence-electron chi connectivity index (χ3n) is 6.27. The maximum Gasteiger partial charge on any atom is 0.351 e. The average molecular weight is 408 g/mol. The van der Waals surface area contributed by atoms with Crippen molar-refractivity contribution >= 4 is 5.82 Å². The van der Waals surface area contributed by atoms with Gasteiger partial charge in [-0.25, -0.2) is 4.79 Å². The van der Waals surface area contributed by atoms with Crippen LogP contribution in [0.3, 0.4) is 0 Å². The molecule has 0 unspecified atom stereocenters. The standard InChI is InChI=1S/C22H37N3O4/c1-16-14-25(20-13-18(27)19(15-26)29-20)22(28)24-21(16)23-17-11-9-7-5-3-2-4-6-8-10-12-17/h14,17-20,26-27H,2-13,15H2,1H3,(H,23,24,28)/t18-,19+,20-/m1/s1. The highest BCUT2D eigenvalue weighted by Gasteiger charge is 2.35. The number of aliphatic hydroxyl groups excluding tert-OH is 2. The van der Waals surface area contributed by atoms with Crippen LogP contribution < -0.4 is 11.0 Å². The summed E-state index contributed by atoms with van der Waals surface area (Å²) in [6, 6.07) is 0.346. The van der Waals surface area contributed by atoms with Crippen LogP contribution in [0.5, 0.6) is 0 Å². The van der Waals surface area contributed by atoms with Crippen LogP contribution in [0.2, 0.25) is 0 Å². The largest absolute Gasteiger partial charge is 0.394 e. The lowest BCUT2D eigenvalue weighted by atomic mass is 9.98. The van der Waals surface area contributed by atoms with Crippen LogP contribution >= 0.6 is 0 Å². The zero-order valence-electron chi connectivity index (χ0n) is 17.7. The monoisotopic (exact) mass is 407 g/mol. The molecule has 7 heteroatoms. The summed E-state index contributed by atoms with van der Waals surface area (Å²) in [5.74, 6) is 0.653. The Bertz CT molecular complexity index is 681. The second-order valence-electron chi connectivity index (χ2n) is 8.68. The summed E-state index contributed by atoms with van der Waals surface area (Å²) < 4.78 is 7.05. The second-order valence-corrected chi connectivity index (χ2v) is 8.68. The SMILES string of the molecule is Cc1cn([C@H]2C[C@@H](O)[C@H](CO)O2)c(=O)nc1NC1CCCCCCCCCCC1. The van der Waals surface area contributed by atoms with Crippen LogP contribution in [-0.2, 0) is 4.74 Å². The molecule has 0 amide bonds. The molecular formula is C22H37N3O4. The fourth-order valence-corrected chi connectivity index (χ4v) is 4.47. The van der Waals surface area contributed by atoms with Crippen molar-refractivity contribution in [1.29, 1.82) is 0 Å². The van der Waals surface area contributed by atoms with Crippen LogP contribution in [0.1, 0.15) is 88.8 Å². The van der Waals surface area contributed by atoms with Crippen LogP contribution in [-0.4, -0.2) is 44.6 Å². The van der Waals surface area contributed by atoms with Gasteiger partial charge in [-0.05, 0) is 19.8 Å². The maximum absolute atomic E-state index is 12.6. The van der Waals surface area contributed by atoms with Crippen molar-refractivity contribution in [3.63, 3.8) is 0 Å². The first-order chi connectivity index (χ1) is 14.1. The van der Waals surface area contributed by atoms with Gasteiger partial charge in [-0.2, -0.15) is 4.98 Å². The molecule has 7 nitrogen and oxygen atoms in total. The van der Waals surface area contributed by atoms with Crippen molar-refractivity contribution in [2.24, 2.45) is 0 Å². The van der Waals surface area contributed by atoms with Gasteiger partial charge in [0.1, 0.15) is 18.1 Å². The molecule has 0 aromatic carbocycles. The summed E-state index contributed by atoms with van der Waals surface area (Å²) in [6.07, 6.45) is 14.0. The number of hydrogen-bond acceptors (Lipinski definition) is 6. The molecule has 0 radical (unpaired) electrons. The number of nitrogens with zero attached hydrogens (tertiary/aromatic N) is 2. The van der Waals surface area contributed by atoms with Gasteiger partial charge in [0.25, 0.3) is 0 Å². The average Bonchev–Trinajstić information content (AvgIpc) is 3.07. The third-order valence-corrected chi connectivity index (χ3v) is 6.27. The summed E-state index contributed by atoms with van der Waals surface area (Å²) in [6.45, 7) is 1.68. The minimum Gasteiger partial charge on any atom is -0.394 e. The summed E-state index contributed by atoms with van der Waals surface area (Å²) in [4.78, 5) is 16.9. The molecule has 1 saturated carbocycles. The highest BCUT2D eigenvalue weighted by molar-refractivity contribution is 5.42. The Morgan fingerprint density at radius 3 is 2.24 bits per heavy atom. The Labute approximate surface area is 173 Å². The minimum atomic E-state index is -0.772. The Morgan fingerprint density at radius 1 is 1.10 bits per heavy atom. The van der Waals surface area contributed by atoms with Crippen molar-refractivity contribution in [3.05, 3.63) is 22.2 Å². The Morgan fingerprint density at radius 2 is 1.69 bits per heavy atom. The molecule has 29 heavy (non-hydrogen) atoms. The molecule has 1 aliphatic carbocycles. The van der Waals surface area contributed by atoms with E-state index in [4.69, 9.17) is 4.74 Å². The molecule has 1 aromatic heterocycles. The molecule has 3 rings (SSSR count). The predicted octanol–water partition coefficient (Wildman–Crippen LogP) is 3.28. The summed E-state index contributed by atoms with van der Waals surface area (Å²) >= 11 is 0. The molecule has 3 atom stereocenters. The molecule has 1 saturated heterocycles. The molecule has 2 aliphatic rings. The maximum atomic E-state index is 12.6. The lowest BCUT2D eigenvalue weighted by Gasteiger charge is -2.22. The van der Waals surface area contributed by atoms with E-state index in [2.05, 4.69) is 10.3 Å². The highest BCUT2D eigenvalue weighted by atomic mass is 16.5. The number of rotatable bonds is 4. The van der Waals surface area contributed by atoms with Crippen LogP contribution in [0.25, 0.3) is 0 Å². The fourth-order valence-electron chi connectivity index (χ4n) is 4.47. The Hall–Kier alpha value is -1.44. The minimum absolute atomic E-state index is 0.264. The van der Waals surface area contributed by atoms with E-state index in [0.29, 0.717) is 11.9 Å². The molecule has 1 aromatic rings. The molecule has 2 heterocycles. The van der Waals surface area contributed by atoms with Crippen LogP contribution in [0.15, 0.2) is 11.0 Å². The van der Waals surface area contributed by atoms with Gasteiger partial charge >= 0.3 is 5.69 Å². The van der Waals surface area contributed by atoms with E-state index in [0.717, 1.165) is 18.4 Å². The van der Waals surface area contributed by atoms with E-state index >= 15 is 0 Å². The zero-order chi connectivity index (χ0) is 20.6. The first-order valence-electron chi connectivity index (χ1n) is 11.4. The van der Waals surface area contributed by atoms with Gasteiger partial charge in [0, 0.05) is 24.2 Å². The summed E-state index contributed by atoms with van der Waals surface area (Å²) in [5.41, 5.74) is 0.503. The highest BCUT2D eigenvalue weighted by Crippen LogP contribution is 2.28. The van der Waals surface area contributed by atoms with E-state index in [1.165, 1.54) is 62.4 Å². The zero-order valence-corrected chi connectivity index (χ0v) is 17.7. The fraction of sp³-hybridized carbons (Fsp3) is 0.818. The van der Waals surface area contributed by atoms with E-state index in [1.807, 2.05) is 6.92 Å². The molecule has 2 fully saturated rings. The van der Waals surface area contributed by atoms with Gasteiger partial charge in [-0.15, -0.1) is 0 Å². The topological polar surface area (TPSA) is 96.6 Å². The summed E-state index contributed by atoms with van der Waals surface area (Å²) in [5, 5.41) is 22.7. The van der Waals surface area contributed by atoms with Crippen molar-refractivity contribution in [2.45, 2.75) is 108 Å². The molecule has 3 N–H and O–H groups in total. The van der Waals surface area contributed by atoms with E-state index in [9.17, 15) is 15.0 Å². The summed E-state index contributed by atoms with van der Waals surface area (Å²) in [7, 11) is 0. The van der Waals surface area contributed by atoms with Crippen molar-refractivity contribution in [2.75, 3.05) is 11.9 Å². The number of anilines is 1. The van der Waals surface area contributed by atoms with Gasteiger partial charge in [0.15, 0.2) is 0 Å². The number of ether oxygens (including phenoxy) is 1. The molecule has 0 bridgehead atoms. The van der Waals surface area contributed by atoms with E-state index in [-0.39, 0.29) is 18.7 Å². The lowest BCUT2D eigenvalue weighted by Crippen LogP contribution is -2.30. The molecule has 1 aliphatic heterocycles. The Kier molecular flexibility index (Phi) is 8.51.